The van der Waals surface area contributed by atoms with Gasteiger partial charge in [-0.05, 0) is 72.8 Å². The minimum atomic E-state index is -4.79. The van der Waals surface area contributed by atoms with Gasteiger partial charge in [0.15, 0.2) is 0 Å². The summed E-state index contributed by atoms with van der Waals surface area (Å²) < 4.78 is 70.3. The number of halogens is 4. The topological polar surface area (TPSA) is 118 Å². The SMILES string of the molecule is COCNc1nccc(Oc2ccc(NC(=O)Nc3ccc(Oc4ccc(F)cc4)c(C(F)(F)F)c3)cc2)c1C=N. The lowest BCUT2D eigenvalue weighted by Gasteiger charge is -2.16. The molecular formula is C28H23F4N5O4. The molecule has 2 amide bonds. The smallest absolute Gasteiger partial charge is 0.420 e. The van der Waals surface area contributed by atoms with Crippen LogP contribution in [0.2, 0.25) is 0 Å². The van der Waals surface area contributed by atoms with Gasteiger partial charge in [-0.25, -0.2) is 14.2 Å². The summed E-state index contributed by atoms with van der Waals surface area (Å²) in [6.45, 7) is 0.186. The zero-order chi connectivity index (χ0) is 29.4. The second-order valence-electron chi connectivity index (χ2n) is 8.30. The van der Waals surface area contributed by atoms with E-state index in [-0.39, 0.29) is 18.2 Å². The van der Waals surface area contributed by atoms with Gasteiger partial charge >= 0.3 is 12.2 Å². The Morgan fingerprint density at radius 2 is 1.51 bits per heavy atom. The van der Waals surface area contributed by atoms with E-state index in [1.807, 2.05) is 0 Å². The summed E-state index contributed by atoms with van der Waals surface area (Å²) >= 11 is 0. The predicted molar refractivity (Wildman–Crippen MR) is 145 cm³/mol. The van der Waals surface area contributed by atoms with E-state index in [1.54, 1.807) is 18.2 Å². The molecule has 0 aliphatic carbocycles. The Kier molecular flexibility index (Phi) is 8.99. The third-order valence-electron chi connectivity index (χ3n) is 5.40. The summed E-state index contributed by atoms with van der Waals surface area (Å²) in [6.07, 6.45) is -2.19. The predicted octanol–water partition coefficient (Wildman–Crippen LogP) is 7.48. The minimum absolute atomic E-state index is 0.0176. The number of ether oxygens (including phenoxy) is 3. The Balaban J connectivity index is 1.42. The molecule has 0 fully saturated rings. The lowest BCUT2D eigenvalue weighted by molar-refractivity contribution is -0.138. The summed E-state index contributed by atoms with van der Waals surface area (Å²) in [7, 11) is 1.51. The van der Waals surface area contributed by atoms with Crippen molar-refractivity contribution in [2.75, 3.05) is 29.8 Å². The second-order valence-corrected chi connectivity index (χ2v) is 8.30. The van der Waals surface area contributed by atoms with Crippen LogP contribution in [0.5, 0.6) is 23.0 Å². The summed E-state index contributed by atoms with van der Waals surface area (Å²) in [5, 5.41) is 15.5. The van der Waals surface area contributed by atoms with E-state index >= 15 is 0 Å². The lowest BCUT2D eigenvalue weighted by atomic mass is 10.1. The molecule has 9 nitrogen and oxygen atoms in total. The van der Waals surface area contributed by atoms with Crippen LogP contribution in [-0.4, -0.2) is 31.1 Å². The number of carbonyl (C=O) groups is 1. The first-order chi connectivity index (χ1) is 19.7. The van der Waals surface area contributed by atoms with E-state index in [4.69, 9.17) is 19.6 Å². The zero-order valence-electron chi connectivity index (χ0n) is 21.4. The molecule has 0 aliphatic rings. The maximum absolute atomic E-state index is 13.7. The molecule has 0 spiro atoms. The number of pyridine rings is 1. The van der Waals surface area contributed by atoms with Crippen molar-refractivity contribution in [3.8, 4) is 23.0 Å². The number of amides is 2. The molecule has 1 heterocycles. The number of rotatable bonds is 10. The highest BCUT2D eigenvalue weighted by atomic mass is 19.4. The number of hydrogen-bond acceptors (Lipinski definition) is 7. The van der Waals surface area contributed by atoms with E-state index in [0.29, 0.717) is 28.6 Å². The van der Waals surface area contributed by atoms with Gasteiger partial charge in [0.1, 0.15) is 46.9 Å². The number of benzene rings is 3. The monoisotopic (exact) mass is 569 g/mol. The van der Waals surface area contributed by atoms with Crippen LogP contribution < -0.4 is 25.4 Å². The quantitative estimate of drug-likeness (QED) is 0.0894. The van der Waals surface area contributed by atoms with Crippen molar-refractivity contribution in [2.24, 2.45) is 0 Å². The van der Waals surface area contributed by atoms with Gasteiger partial charge in [0.2, 0.25) is 0 Å². The fourth-order valence-corrected chi connectivity index (χ4v) is 3.54. The molecule has 4 rings (SSSR count). The molecule has 13 heteroatoms. The Morgan fingerprint density at radius 3 is 2.15 bits per heavy atom. The van der Waals surface area contributed by atoms with E-state index < -0.39 is 29.3 Å². The molecule has 0 radical (unpaired) electrons. The first-order valence-corrected chi connectivity index (χ1v) is 11.9. The van der Waals surface area contributed by atoms with Gasteiger partial charge in [0, 0.05) is 30.9 Å². The number of methoxy groups -OCH3 is 1. The van der Waals surface area contributed by atoms with E-state index in [9.17, 15) is 22.4 Å². The minimum Gasteiger partial charge on any atom is -0.457 e. The number of alkyl halides is 3. The molecule has 0 aliphatic heterocycles. The van der Waals surface area contributed by atoms with Crippen LogP contribution in [0.25, 0.3) is 0 Å². The molecule has 3 aromatic carbocycles. The first kappa shape index (κ1) is 28.8. The molecule has 1 aromatic heterocycles. The molecule has 4 aromatic rings. The Labute approximate surface area is 231 Å². The largest absolute Gasteiger partial charge is 0.457 e. The normalized spacial score (nSPS) is 11.0. The summed E-state index contributed by atoms with van der Waals surface area (Å²) in [5.74, 6) is 0.111. The summed E-state index contributed by atoms with van der Waals surface area (Å²) in [4.78, 5) is 16.6. The van der Waals surface area contributed by atoms with Gasteiger partial charge in [-0.1, -0.05) is 0 Å². The van der Waals surface area contributed by atoms with Crippen LogP contribution in [0.4, 0.5) is 39.5 Å². The highest BCUT2D eigenvalue weighted by molar-refractivity contribution is 5.99. The third-order valence-corrected chi connectivity index (χ3v) is 5.40. The van der Waals surface area contributed by atoms with Gasteiger partial charge < -0.3 is 35.6 Å². The summed E-state index contributed by atoms with van der Waals surface area (Å²) in [6, 6.07) is 14.6. The number of carbonyl (C=O) groups excluding carboxylic acids is 1. The van der Waals surface area contributed by atoms with Crippen LogP contribution in [0.3, 0.4) is 0 Å². The van der Waals surface area contributed by atoms with Gasteiger partial charge in [0.05, 0.1) is 5.56 Å². The fourth-order valence-electron chi connectivity index (χ4n) is 3.54. The number of nitrogens with zero attached hydrogens (tertiary/aromatic N) is 1. The average Bonchev–Trinajstić information content (AvgIpc) is 2.94. The number of nitrogens with one attached hydrogen (secondary N) is 4. The molecular weight excluding hydrogens is 546 g/mol. The Morgan fingerprint density at radius 1 is 0.902 bits per heavy atom. The lowest BCUT2D eigenvalue weighted by Crippen LogP contribution is -2.20. The first-order valence-electron chi connectivity index (χ1n) is 11.9. The molecule has 4 N–H and O–H groups in total. The van der Waals surface area contributed by atoms with Gasteiger partial charge in [0.25, 0.3) is 0 Å². The highest BCUT2D eigenvalue weighted by Gasteiger charge is 2.35. The number of anilines is 3. The molecule has 0 saturated carbocycles. The van der Waals surface area contributed by atoms with E-state index in [2.05, 4.69) is 20.9 Å². The van der Waals surface area contributed by atoms with Crippen LogP contribution in [0.15, 0.2) is 79.0 Å². The molecule has 0 bridgehead atoms. The number of hydrogen-bond donors (Lipinski definition) is 4. The van der Waals surface area contributed by atoms with Crippen LogP contribution in [-0.2, 0) is 10.9 Å². The van der Waals surface area contributed by atoms with Crippen molar-refractivity contribution in [2.45, 2.75) is 6.18 Å². The fraction of sp³-hybridized carbons (Fsp3) is 0.107. The third kappa shape index (κ3) is 7.70. The van der Waals surface area contributed by atoms with Gasteiger partial charge in [-0.2, -0.15) is 13.2 Å². The van der Waals surface area contributed by atoms with Crippen LogP contribution >= 0.6 is 0 Å². The summed E-state index contributed by atoms with van der Waals surface area (Å²) in [5.41, 5.74) is -0.511. The Bertz CT molecular complexity index is 1510. The van der Waals surface area contributed by atoms with Crippen molar-refractivity contribution in [1.82, 2.24) is 4.98 Å². The van der Waals surface area contributed by atoms with Gasteiger partial charge in [-0.15, -0.1) is 0 Å². The standard InChI is InChI=1S/C28H23F4N5O4/c1-39-16-35-26-22(15-33)24(12-13-34-26)40-21-9-4-18(5-10-21)36-27(38)37-19-6-11-25(23(14-19)28(30,31)32)41-20-7-2-17(29)3-8-20/h2-15,33H,16H2,1H3,(H,34,35)(H2,36,37,38). The second kappa shape index (κ2) is 12.8. The van der Waals surface area contributed by atoms with Gasteiger partial charge in [-0.3, -0.25) is 0 Å². The highest BCUT2D eigenvalue weighted by Crippen LogP contribution is 2.40. The molecule has 0 unspecified atom stereocenters. The average molecular weight is 570 g/mol. The molecule has 0 saturated heterocycles. The zero-order valence-corrected chi connectivity index (χ0v) is 21.4. The van der Waals surface area contributed by atoms with Crippen molar-refractivity contribution < 1.29 is 36.6 Å². The molecule has 0 atom stereocenters. The number of urea groups is 1. The van der Waals surface area contributed by atoms with Crippen molar-refractivity contribution in [3.63, 3.8) is 0 Å². The maximum Gasteiger partial charge on any atom is 0.420 e. The Hall–Kier alpha value is -5.17. The van der Waals surface area contributed by atoms with Crippen LogP contribution in [0.1, 0.15) is 11.1 Å². The van der Waals surface area contributed by atoms with E-state index in [1.165, 1.54) is 43.6 Å². The van der Waals surface area contributed by atoms with E-state index in [0.717, 1.165) is 30.5 Å². The van der Waals surface area contributed by atoms with Crippen molar-refractivity contribution >= 4 is 29.4 Å². The molecule has 41 heavy (non-hydrogen) atoms. The number of aromatic nitrogens is 1. The van der Waals surface area contributed by atoms with Crippen molar-refractivity contribution in [1.29, 1.82) is 5.41 Å². The van der Waals surface area contributed by atoms with Crippen LogP contribution in [0, 0.1) is 11.2 Å². The maximum atomic E-state index is 13.7. The molecule has 212 valence electrons. The van der Waals surface area contributed by atoms with Crippen molar-refractivity contribution in [3.05, 3.63) is 95.9 Å².